The molecule has 2 amide bonds. The van der Waals surface area contributed by atoms with Crippen LogP contribution >= 0.6 is 11.8 Å². The fraction of sp³-hybridized carbons (Fsp3) is 0.222. The lowest BCUT2D eigenvalue weighted by Crippen LogP contribution is -2.30. The minimum atomic E-state index is -0.187. The van der Waals surface area contributed by atoms with Crippen LogP contribution < -0.4 is 4.74 Å². The maximum absolute atomic E-state index is 12.3. The molecule has 2 aromatic carbocycles. The molecule has 1 aliphatic heterocycles. The first-order valence-electron chi connectivity index (χ1n) is 7.43. The minimum Gasteiger partial charge on any atom is -0.496 e. The van der Waals surface area contributed by atoms with Crippen LogP contribution in [0.1, 0.15) is 27.1 Å². The molecule has 23 heavy (non-hydrogen) atoms. The summed E-state index contributed by atoms with van der Waals surface area (Å²) < 4.78 is 5.31. The Labute approximate surface area is 139 Å². The highest BCUT2D eigenvalue weighted by molar-refractivity contribution is 7.99. The first kappa shape index (κ1) is 15.6. The van der Waals surface area contributed by atoms with Gasteiger partial charge in [-0.05, 0) is 36.4 Å². The lowest BCUT2D eigenvalue weighted by molar-refractivity contribution is 0.0655. The summed E-state index contributed by atoms with van der Waals surface area (Å²) in [6.45, 7) is 0.439. The summed E-state index contributed by atoms with van der Waals surface area (Å²) in [5, 5.41) is 0. The minimum absolute atomic E-state index is 0.187. The third-order valence-electron chi connectivity index (χ3n) is 3.73. The van der Waals surface area contributed by atoms with Gasteiger partial charge in [0.05, 0.1) is 18.2 Å². The number of para-hydroxylation sites is 1. The van der Waals surface area contributed by atoms with Crippen molar-refractivity contribution in [2.75, 3.05) is 19.4 Å². The van der Waals surface area contributed by atoms with Crippen LogP contribution in [0.15, 0.2) is 53.4 Å². The van der Waals surface area contributed by atoms with E-state index >= 15 is 0 Å². The molecule has 0 saturated carbocycles. The fourth-order valence-corrected chi connectivity index (χ4v) is 3.55. The number of rotatable bonds is 6. The van der Waals surface area contributed by atoms with Gasteiger partial charge in [-0.1, -0.05) is 24.3 Å². The number of fused-ring (bicyclic) bond motifs is 1. The maximum atomic E-state index is 12.3. The standard InChI is InChI=1S/C18H17NO3S/c1-22-15-9-4-5-10-16(15)23-12-6-11-19-17(20)13-7-2-3-8-14(13)18(19)21/h2-5,7-10H,6,11-12H2,1H3. The van der Waals surface area contributed by atoms with Crippen molar-refractivity contribution in [2.45, 2.75) is 11.3 Å². The lowest BCUT2D eigenvalue weighted by atomic mass is 10.1. The number of carbonyl (C=O) groups excluding carboxylic acids is 2. The molecule has 118 valence electrons. The van der Waals surface area contributed by atoms with Gasteiger partial charge in [-0.15, -0.1) is 11.8 Å². The van der Waals surface area contributed by atoms with Crippen LogP contribution in [-0.2, 0) is 0 Å². The Kier molecular flexibility index (Phi) is 4.67. The van der Waals surface area contributed by atoms with Crippen molar-refractivity contribution in [1.82, 2.24) is 4.90 Å². The van der Waals surface area contributed by atoms with E-state index in [1.807, 2.05) is 24.3 Å². The largest absolute Gasteiger partial charge is 0.496 e. The van der Waals surface area contributed by atoms with Crippen LogP contribution in [0.4, 0.5) is 0 Å². The first-order valence-corrected chi connectivity index (χ1v) is 8.42. The van der Waals surface area contributed by atoms with Crippen molar-refractivity contribution in [3.8, 4) is 5.75 Å². The van der Waals surface area contributed by atoms with Gasteiger partial charge in [0, 0.05) is 11.4 Å². The molecule has 0 atom stereocenters. The maximum Gasteiger partial charge on any atom is 0.261 e. The van der Waals surface area contributed by atoms with E-state index in [0.717, 1.165) is 22.8 Å². The molecule has 0 unspecified atom stereocenters. The van der Waals surface area contributed by atoms with Crippen LogP contribution in [0, 0.1) is 0 Å². The average molecular weight is 327 g/mol. The second-order valence-electron chi connectivity index (χ2n) is 5.16. The second-order valence-corrected chi connectivity index (χ2v) is 6.30. The smallest absolute Gasteiger partial charge is 0.261 e. The number of hydrogen-bond donors (Lipinski definition) is 0. The summed E-state index contributed by atoms with van der Waals surface area (Å²) in [5.74, 6) is 1.28. The molecule has 1 aliphatic rings. The number of amides is 2. The van der Waals surface area contributed by atoms with Crippen molar-refractivity contribution in [1.29, 1.82) is 0 Å². The van der Waals surface area contributed by atoms with Gasteiger partial charge >= 0.3 is 0 Å². The van der Waals surface area contributed by atoms with E-state index in [-0.39, 0.29) is 11.8 Å². The summed E-state index contributed by atoms with van der Waals surface area (Å²) in [4.78, 5) is 26.9. The molecule has 0 bridgehead atoms. The van der Waals surface area contributed by atoms with E-state index in [4.69, 9.17) is 4.74 Å². The first-order chi connectivity index (χ1) is 11.2. The highest BCUT2D eigenvalue weighted by atomic mass is 32.2. The monoisotopic (exact) mass is 327 g/mol. The normalized spacial score (nSPS) is 13.3. The number of hydrogen-bond acceptors (Lipinski definition) is 4. The molecule has 0 N–H and O–H groups in total. The number of benzene rings is 2. The van der Waals surface area contributed by atoms with Crippen LogP contribution in [0.3, 0.4) is 0 Å². The summed E-state index contributed by atoms with van der Waals surface area (Å²) in [5.41, 5.74) is 1.02. The number of imide groups is 1. The zero-order chi connectivity index (χ0) is 16.2. The molecule has 0 fully saturated rings. The average Bonchev–Trinajstić information content (AvgIpc) is 2.84. The van der Waals surface area contributed by atoms with Crippen LogP contribution in [0.2, 0.25) is 0 Å². The molecule has 4 nitrogen and oxygen atoms in total. The van der Waals surface area contributed by atoms with Crippen LogP contribution in [0.5, 0.6) is 5.75 Å². The Morgan fingerprint density at radius 3 is 2.22 bits per heavy atom. The Morgan fingerprint density at radius 1 is 0.957 bits per heavy atom. The van der Waals surface area contributed by atoms with Gasteiger partial charge in [0.15, 0.2) is 0 Å². The number of carbonyl (C=O) groups is 2. The van der Waals surface area contributed by atoms with Gasteiger partial charge in [0.2, 0.25) is 0 Å². The van der Waals surface area contributed by atoms with Crippen molar-refractivity contribution in [3.05, 3.63) is 59.7 Å². The molecular weight excluding hydrogens is 310 g/mol. The Balaban J connectivity index is 1.56. The van der Waals surface area contributed by atoms with Crippen molar-refractivity contribution >= 4 is 23.6 Å². The van der Waals surface area contributed by atoms with E-state index in [1.165, 1.54) is 4.90 Å². The van der Waals surface area contributed by atoms with Crippen LogP contribution in [-0.4, -0.2) is 36.1 Å². The van der Waals surface area contributed by atoms with E-state index < -0.39 is 0 Å². The predicted molar refractivity (Wildman–Crippen MR) is 90.1 cm³/mol. The zero-order valence-corrected chi connectivity index (χ0v) is 13.6. The van der Waals surface area contributed by atoms with E-state index in [0.29, 0.717) is 17.7 Å². The second kappa shape index (κ2) is 6.87. The highest BCUT2D eigenvalue weighted by Gasteiger charge is 2.34. The summed E-state index contributed by atoms with van der Waals surface area (Å²) in [6, 6.07) is 14.8. The number of thioether (sulfide) groups is 1. The number of nitrogens with zero attached hydrogens (tertiary/aromatic N) is 1. The summed E-state index contributed by atoms with van der Waals surface area (Å²) in [6.07, 6.45) is 0.744. The Morgan fingerprint density at radius 2 is 1.57 bits per heavy atom. The van der Waals surface area contributed by atoms with Crippen molar-refractivity contribution in [2.24, 2.45) is 0 Å². The predicted octanol–water partition coefficient (Wildman–Crippen LogP) is 3.47. The Hall–Kier alpha value is -2.27. The molecule has 0 aromatic heterocycles. The highest BCUT2D eigenvalue weighted by Crippen LogP contribution is 2.29. The van der Waals surface area contributed by atoms with Crippen molar-refractivity contribution < 1.29 is 14.3 Å². The molecular formula is C18H17NO3S. The van der Waals surface area contributed by atoms with Crippen molar-refractivity contribution in [3.63, 3.8) is 0 Å². The van der Waals surface area contributed by atoms with Gasteiger partial charge in [-0.25, -0.2) is 0 Å². The lowest BCUT2D eigenvalue weighted by Gasteiger charge is -2.13. The molecule has 3 rings (SSSR count). The molecule has 0 saturated heterocycles. The molecule has 0 aliphatic carbocycles. The third-order valence-corrected chi connectivity index (χ3v) is 4.87. The van der Waals surface area contributed by atoms with Gasteiger partial charge in [-0.2, -0.15) is 0 Å². The molecule has 0 spiro atoms. The van der Waals surface area contributed by atoms with Gasteiger partial charge in [0.1, 0.15) is 5.75 Å². The van der Waals surface area contributed by atoms with E-state index in [2.05, 4.69) is 0 Å². The number of ether oxygens (including phenoxy) is 1. The molecule has 2 aromatic rings. The fourth-order valence-electron chi connectivity index (χ4n) is 2.59. The zero-order valence-electron chi connectivity index (χ0n) is 12.8. The Bertz CT molecular complexity index is 710. The van der Waals surface area contributed by atoms with Gasteiger partial charge in [0.25, 0.3) is 11.8 Å². The summed E-state index contributed by atoms with van der Waals surface area (Å²) >= 11 is 1.67. The van der Waals surface area contributed by atoms with E-state index in [1.54, 1.807) is 43.1 Å². The number of methoxy groups -OCH3 is 1. The quantitative estimate of drug-likeness (QED) is 0.463. The van der Waals surface area contributed by atoms with E-state index in [9.17, 15) is 9.59 Å². The summed E-state index contributed by atoms with van der Waals surface area (Å²) in [7, 11) is 1.65. The molecule has 0 radical (unpaired) electrons. The van der Waals surface area contributed by atoms with Gasteiger partial charge in [-0.3, -0.25) is 14.5 Å². The molecule has 5 heteroatoms. The van der Waals surface area contributed by atoms with Gasteiger partial charge < -0.3 is 4.74 Å². The topological polar surface area (TPSA) is 46.6 Å². The SMILES string of the molecule is COc1ccccc1SCCCN1C(=O)c2ccccc2C1=O. The van der Waals surface area contributed by atoms with Crippen LogP contribution in [0.25, 0.3) is 0 Å². The molecule has 1 heterocycles. The third kappa shape index (κ3) is 3.10.